The summed E-state index contributed by atoms with van der Waals surface area (Å²) in [7, 11) is 3.50. The molecule has 1 saturated heterocycles. The second-order valence-electron chi connectivity index (χ2n) is 9.12. The topological polar surface area (TPSA) is 71.1 Å². The molecule has 4 rings (SSSR count). The van der Waals surface area contributed by atoms with E-state index >= 15 is 0 Å². The number of esters is 1. The SMILES string of the molecule is COC(=O)c1ccc(CN(C)C2CCCN(CC(=O)Nc3ccc(Oc4ccccc4)cc3)C2)cc1. The van der Waals surface area contributed by atoms with Crippen molar-refractivity contribution >= 4 is 17.6 Å². The van der Waals surface area contributed by atoms with Crippen molar-refractivity contribution in [2.24, 2.45) is 0 Å². The minimum atomic E-state index is -0.326. The van der Waals surface area contributed by atoms with Crippen LogP contribution in [-0.4, -0.2) is 61.5 Å². The average molecular weight is 488 g/mol. The van der Waals surface area contributed by atoms with Crippen LogP contribution in [0.15, 0.2) is 78.9 Å². The van der Waals surface area contributed by atoms with E-state index in [1.165, 1.54) is 7.11 Å². The maximum atomic E-state index is 12.7. The fourth-order valence-corrected chi connectivity index (χ4v) is 4.45. The van der Waals surface area contributed by atoms with Crippen LogP contribution in [-0.2, 0) is 16.1 Å². The fourth-order valence-electron chi connectivity index (χ4n) is 4.45. The summed E-state index contributed by atoms with van der Waals surface area (Å²) in [6, 6.07) is 24.9. The van der Waals surface area contributed by atoms with E-state index in [4.69, 9.17) is 9.47 Å². The van der Waals surface area contributed by atoms with Gasteiger partial charge in [0.05, 0.1) is 19.2 Å². The molecular weight excluding hydrogens is 454 g/mol. The smallest absolute Gasteiger partial charge is 0.337 e. The van der Waals surface area contributed by atoms with Crippen molar-refractivity contribution in [2.75, 3.05) is 39.1 Å². The number of para-hydroxylation sites is 1. The van der Waals surface area contributed by atoms with Gasteiger partial charge in [0.2, 0.25) is 5.91 Å². The van der Waals surface area contributed by atoms with Gasteiger partial charge >= 0.3 is 5.97 Å². The molecular formula is C29H33N3O4. The molecule has 7 heteroatoms. The van der Waals surface area contributed by atoms with Crippen molar-refractivity contribution in [3.8, 4) is 11.5 Å². The van der Waals surface area contributed by atoms with Crippen LogP contribution in [0, 0.1) is 0 Å². The second kappa shape index (κ2) is 12.3. The van der Waals surface area contributed by atoms with Gasteiger partial charge in [-0.15, -0.1) is 0 Å². The van der Waals surface area contributed by atoms with Crippen LogP contribution >= 0.6 is 0 Å². The summed E-state index contributed by atoms with van der Waals surface area (Å²) in [5.41, 5.74) is 2.44. The Morgan fingerprint density at radius 1 is 0.972 bits per heavy atom. The zero-order chi connectivity index (χ0) is 25.3. The Morgan fingerprint density at radius 3 is 2.36 bits per heavy atom. The first-order chi connectivity index (χ1) is 17.5. The summed E-state index contributed by atoms with van der Waals surface area (Å²) in [6.45, 7) is 2.90. The lowest BCUT2D eigenvalue weighted by atomic mass is 10.0. The molecule has 1 N–H and O–H groups in total. The number of likely N-dealkylation sites (tertiary alicyclic amines) is 1. The largest absolute Gasteiger partial charge is 0.465 e. The Hall–Kier alpha value is -3.68. The first kappa shape index (κ1) is 25.4. The van der Waals surface area contributed by atoms with Crippen LogP contribution in [0.25, 0.3) is 0 Å². The van der Waals surface area contributed by atoms with Crippen molar-refractivity contribution in [3.05, 3.63) is 90.0 Å². The number of nitrogens with zero attached hydrogens (tertiary/aromatic N) is 2. The summed E-state index contributed by atoms with van der Waals surface area (Å²) < 4.78 is 10.6. The molecule has 7 nitrogen and oxygen atoms in total. The van der Waals surface area contributed by atoms with Gasteiger partial charge in [-0.3, -0.25) is 14.6 Å². The monoisotopic (exact) mass is 487 g/mol. The number of carbonyl (C=O) groups excluding carboxylic acids is 2. The number of amides is 1. The van der Waals surface area contributed by atoms with E-state index in [1.807, 2.05) is 66.7 Å². The molecule has 1 fully saturated rings. The number of rotatable bonds is 9. The molecule has 36 heavy (non-hydrogen) atoms. The van der Waals surface area contributed by atoms with Crippen LogP contribution in [0.2, 0.25) is 0 Å². The highest BCUT2D eigenvalue weighted by Gasteiger charge is 2.24. The van der Waals surface area contributed by atoms with Gasteiger partial charge in [-0.25, -0.2) is 4.79 Å². The van der Waals surface area contributed by atoms with Crippen LogP contribution in [0.3, 0.4) is 0 Å². The zero-order valence-electron chi connectivity index (χ0n) is 20.9. The maximum Gasteiger partial charge on any atom is 0.337 e. The minimum absolute atomic E-state index is 0.0200. The molecule has 1 heterocycles. The molecule has 1 aliphatic heterocycles. The quantitative estimate of drug-likeness (QED) is 0.437. The average Bonchev–Trinajstić information content (AvgIpc) is 2.90. The summed E-state index contributed by atoms with van der Waals surface area (Å²) in [4.78, 5) is 28.9. The number of ether oxygens (including phenoxy) is 2. The molecule has 188 valence electrons. The van der Waals surface area contributed by atoms with E-state index in [2.05, 4.69) is 22.2 Å². The fraction of sp³-hybridized carbons (Fsp3) is 0.310. The number of benzene rings is 3. The standard InChI is InChI=1S/C29H33N3O4/c1-31(19-22-10-12-23(13-11-22)29(34)35-2)25-7-6-18-32(20-25)21-28(33)30-24-14-16-27(17-15-24)36-26-8-4-3-5-9-26/h3-5,8-17,25H,6-7,18-21H2,1-2H3,(H,30,33). The third kappa shape index (κ3) is 7.16. The predicted molar refractivity (Wildman–Crippen MR) is 140 cm³/mol. The third-order valence-corrected chi connectivity index (χ3v) is 6.40. The van der Waals surface area contributed by atoms with Gasteiger partial charge in [-0.2, -0.15) is 0 Å². The van der Waals surface area contributed by atoms with Gasteiger partial charge in [0, 0.05) is 24.8 Å². The molecule has 3 aromatic carbocycles. The summed E-state index contributed by atoms with van der Waals surface area (Å²) in [6.07, 6.45) is 2.15. The molecule has 1 amide bonds. The molecule has 1 atom stereocenters. The first-order valence-electron chi connectivity index (χ1n) is 12.2. The lowest BCUT2D eigenvalue weighted by molar-refractivity contribution is -0.117. The van der Waals surface area contributed by atoms with E-state index in [0.29, 0.717) is 18.2 Å². The van der Waals surface area contributed by atoms with E-state index in [-0.39, 0.29) is 11.9 Å². The number of anilines is 1. The normalized spacial score (nSPS) is 15.9. The number of carbonyl (C=O) groups is 2. The highest BCUT2D eigenvalue weighted by molar-refractivity contribution is 5.92. The van der Waals surface area contributed by atoms with Gasteiger partial charge in [0.25, 0.3) is 0 Å². The lowest BCUT2D eigenvalue weighted by Crippen LogP contribution is -2.48. The molecule has 0 radical (unpaired) electrons. The Bertz CT molecular complexity index is 1130. The third-order valence-electron chi connectivity index (χ3n) is 6.40. The van der Waals surface area contributed by atoms with Crippen molar-refractivity contribution in [1.29, 1.82) is 0 Å². The first-order valence-corrected chi connectivity index (χ1v) is 12.2. The predicted octanol–water partition coefficient (Wildman–Crippen LogP) is 4.80. The van der Waals surface area contributed by atoms with E-state index in [9.17, 15) is 9.59 Å². The van der Waals surface area contributed by atoms with Gasteiger partial charge in [-0.05, 0) is 80.5 Å². The summed E-state index contributed by atoms with van der Waals surface area (Å²) >= 11 is 0. The number of hydrogen-bond donors (Lipinski definition) is 1. The van der Waals surface area contributed by atoms with Crippen LogP contribution in [0.1, 0.15) is 28.8 Å². The van der Waals surface area contributed by atoms with E-state index < -0.39 is 0 Å². The molecule has 1 aliphatic rings. The van der Waals surface area contributed by atoms with E-state index in [0.717, 1.165) is 55.2 Å². The van der Waals surface area contributed by atoms with Crippen molar-refractivity contribution in [2.45, 2.75) is 25.4 Å². The van der Waals surface area contributed by atoms with Crippen molar-refractivity contribution in [1.82, 2.24) is 9.80 Å². The Morgan fingerprint density at radius 2 is 1.67 bits per heavy atom. The second-order valence-corrected chi connectivity index (χ2v) is 9.12. The van der Waals surface area contributed by atoms with Crippen LogP contribution in [0.4, 0.5) is 5.69 Å². The summed E-state index contributed by atoms with van der Waals surface area (Å²) in [5, 5.41) is 3.00. The lowest BCUT2D eigenvalue weighted by Gasteiger charge is -2.37. The van der Waals surface area contributed by atoms with Crippen LogP contribution in [0.5, 0.6) is 11.5 Å². The maximum absolute atomic E-state index is 12.7. The molecule has 0 aliphatic carbocycles. The highest BCUT2D eigenvalue weighted by Crippen LogP contribution is 2.23. The van der Waals surface area contributed by atoms with Gasteiger partial charge in [0.15, 0.2) is 0 Å². The molecule has 0 aromatic heterocycles. The summed E-state index contributed by atoms with van der Waals surface area (Å²) in [5.74, 6) is 1.15. The van der Waals surface area contributed by atoms with Crippen LogP contribution < -0.4 is 10.1 Å². The number of methoxy groups -OCH3 is 1. The Kier molecular flexibility index (Phi) is 8.71. The zero-order valence-corrected chi connectivity index (χ0v) is 20.9. The molecule has 0 spiro atoms. The molecule has 0 bridgehead atoms. The molecule has 3 aromatic rings. The number of hydrogen-bond acceptors (Lipinski definition) is 6. The van der Waals surface area contributed by atoms with Gasteiger partial charge in [-0.1, -0.05) is 30.3 Å². The Balaban J connectivity index is 1.24. The van der Waals surface area contributed by atoms with Crippen molar-refractivity contribution in [3.63, 3.8) is 0 Å². The Labute approximate surface area is 212 Å². The highest BCUT2D eigenvalue weighted by atomic mass is 16.5. The molecule has 1 unspecified atom stereocenters. The number of likely N-dealkylation sites (N-methyl/N-ethyl adjacent to an activating group) is 1. The number of piperidine rings is 1. The van der Waals surface area contributed by atoms with Gasteiger partial charge in [0.1, 0.15) is 11.5 Å². The van der Waals surface area contributed by atoms with Crippen molar-refractivity contribution < 1.29 is 19.1 Å². The number of nitrogens with one attached hydrogen (secondary N) is 1. The van der Waals surface area contributed by atoms with Gasteiger partial charge < -0.3 is 14.8 Å². The van der Waals surface area contributed by atoms with E-state index in [1.54, 1.807) is 12.1 Å². The molecule has 0 saturated carbocycles. The minimum Gasteiger partial charge on any atom is -0.465 e.